The van der Waals surface area contributed by atoms with Gasteiger partial charge in [0, 0.05) is 6.04 Å². The SMILES string of the molecule is CCCCCCCCCC(N)CCCCCCCC.F.NCCCN. The summed E-state index contributed by atoms with van der Waals surface area (Å²) in [5, 5.41) is 0. The highest BCUT2D eigenvalue weighted by Gasteiger charge is 2.02. The third-order valence-electron chi connectivity index (χ3n) is 4.52. The first-order valence-electron chi connectivity index (χ1n) is 10.9. The first-order valence-corrected chi connectivity index (χ1v) is 10.9. The first kappa shape index (κ1) is 29.6. The molecule has 0 rings (SSSR count). The van der Waals surface area contributed by atoms with Crippen molar-refractivity contribution in [3.63, 3.8) is 0 Å². The van der Waals surface area contributed by atoms with Crippen LogP contribution in [0, 0.1) is 0 Å². The molecule has 1 atom stereocenters. The highest BCUT2D eigenvalue weighted by atomic mass is 19.0. The molecular formula is C21H50FN3. The number of hydrogen-bond acceptors (Lipinski definition) is 3. The lowest BCUT2D eigenvalue weighted by Crippen LogP contribution is -2.19. The quantitative estimate of drug-likeness (QED) is 0.292. The smallest absolute Gasteiger partial charge is 0.00388 e. The van der Waals surface area contributed by atoms with Crippen LogP contribution in [0.25, 0.3) is 0 Å². The van der Waals surface area contributed by atoms with Crippen molar-refractivity contribution in [2.75, 3.05) is 13.1 Å². The van der Waals surface area contributed by atoms with Gasteiger partial charge in [0.15, 0.2) is 0 Å². The van der Waals surface area contributed by atoms with E-state index in [0.717, 1.165) is 19.5 Å². The summed E-state index contributed by atoms with van der Waals surface area (Å²) in [5.41, 5.74) is 16.3. The average Bonchev–Trinajstić information content (AvgIpc) is 2.58. The fourth-order valence-corrected chi connectivity index (χ4v) is 2.81. The standard InChI is InChI=1S/C18H39N.C3H10N2.FH/c1-3-5-7-9-11-13-15-17-18(19)16-14-12-10-8-6-4-2;4-2-1-3-5;/h18H,3-17,19H2,1-2H3;1-5H2;1H. The molecule has 0 bridgehead atoms. The summed E-state index contributed by atoms with van der Waals surface area (Å²) in [7, 11) is 0. The molecule has 0 aliphatic carbocycles. The molecule has 0 saturated carbocycles. The number of rotatable bonds is 17. The monoisotopic (exact) mass is 363 g/mol. The van der Waals surface area contributed by atoms with Crippen LogP contribution in [0.2, 0.25) is 0 Å². The lowest BCUT2D eigenvalue weighted by Gasteiger charge is -2.11. The number of nitrogens with two attached hydrogens (primary N) is 3. The number of halogens is 1. The molecule has 0 saturated heterocycles. The predicted molar refractivity (Wildman–Crippen MR) is 114 cm³/mol. The van der Waals surface area contributed by atoms with Gasteiger partial charge in [0.1, 0.15) is 0 Å². The second-order valence-corrected chi connectivity index (χ2v) is 7.16. The lowest BCUT2D eigenvalue weighted by molar-refractivity contribution is 0.483. The van der Waals surface area contributed by atoms with Gasteiger partial charge in [0.2, 0.25) is 0 Å². The van der Waals surface area contributed by atoms with E-state index in [4.69, 9.17) is 17.2 Å². The van der Waals surface area contributed by atoms with Gasteiger partial charge in [0.05, 0.1) is 0 Å². The second kappa shape index (κ2) is 28.6. The largest absolute Gasteiger partial charge is 0.330 e. The molecule has 0 aromatic carbocycles. The topological polar surface area (TPSA) is 78.1 Å². The summed E-state index contributed by atoms with van der Waals surface area (Å²) in [6, 6.07) is 0.474. The zero-order valence-corrected chi connectivity index (χ0v) is 17.4. The Bertz CT molecular complexity index is 202. The molecule has 0 spiro atoms. The molecule has 4 heteroatoms. The van der Waals surface area contributed by atoms with Crippen molar-refractivity contribution in [1.29, 1.82) is 0 Å². The average molecular weight is 364 g/mol. The van der Waals surface area contributed by atoms with Gasteiger partial charge in [-0.15, -0.1) is 0 Å². The molecule has 3 nitrogen and oxygen atoms in total. The van der Waals surface area contributed by atoms with Gasteiger partial charge in [-0.05, 0) is 32.4 Å². The molecule has 0 aromatic rings. The summed E-state index contributed by atoms with van der Waals surface area (Å²) in [6.45, 7) is 5.99. The molecule has 0 amide bonds. The fraction of sp³-hybridized carbons (Fsp3) is 1.00. The van der Waals surface area contributed by atoms with Crippen molar-refractivity contribution in [2.45, 2.75) is 123 Å². The third-order valence-corrected chi connectivity index (χ3v) is 4.52. The van der Waals surface area contributed by atoms with Crippen molar-refractivity contribution >= 4 is 0 Å². The minimum Gasteiger partial charge on any atom is -0.330 e. The van der Waals surface area contributed by atoms with Gasteiger partial charge in [-0.3, -0.25) is 4.70 Å². The summed E-state index contributed by atoms with van der Waals surface area (Å²) < 4.78 is 0. The maximum Gasteiger partial charge on any atom is 0.00388 e. The van der Waals surface area contributed by atoms with Crippen LogP contribution in [-0.4, -0.2) is 19.1 Å². The Morgan fingerprint density at radius 1 is 0.520 bits per heavy atom. The molecule has 0 aromatic heterocycles. The Balaban J connectivity index is -0.000000704. The Kier molecular flexibility index (Phi) is 33.8. The Labute approximate surface area is 158 Å². The second-order valence-electron chi connectivity index (χ2n) is 7.16. The van der Waals surface area contributed by atoms with E-state index >= 15 is 0 Å². The van der Waals surface area contributed by atoms with Crippen LogP contribution in [-0.2, 0) is 0 Å². The van der Waals surface area contributed by atoms with Crippen LogP contribution in [0.4, 0.5) is 4.70 Å². The van der Waals surface area contributed by atoms with Crippen LogP contribution >= 0.6 is 0 Å². The Morgan fingerprint density at radius 2 is 0.840 bits per heavy atom. The van der Waals surface area contributed by atoms with Crippen molar-refractivity contribution in [2.24, 2.45) is 17.2 Å². The van der Waals surface area contributed by atoms with Gasteiger partial charge in [-0.25, -0.2) is 0 Å². The zero-order chi connectivity index (χ0) is 18.3. The van der Waals surface area contributed by atoms with E-state index in [-0.39, 0.29) is 4.70 Å². The zero-order valence-electron chi connectivity index (χ0n) is 17.4. The molecule has 0 aliphatic rings. The maximum absolute atomic E-state index is 6.18. The molecule has 6 N–H and O–H groups in total. The molecular weight excluding hydrogens is 313 g/mol. The van der Waals surface area contributed by atoms with E-state index in [0.29, 0.717) is 6.04 Å². The van der Waals surface area contributed by atoms with Gasteiger partial charge in [-0.2, -0.15) is 0 Å². The highest BCUT2D eigenvalue weighted by molar-refractivity contribution is 4.62. The minimum atomic E-state index is 0. The molecule has 156 valence electrons. The molecule has 0 heterocycles. The normalized spacial score (nSPS) is 11.4. The fourth-order valence-electron chi connectivity index (χ4n) is 2.81. The lowest BCUT2D eigenvalue weighted by atomic mass is 10.0. The van der Waals surface area contributed by atoms with E-state index in [1.54, 1.807) is 0 Å². The first-order chi connectivity index (χ1) is 11.7. The number of hydrogen-bond donors (Lipinski definition) is 3. The molecule has 1 unspecified atom stereocenters. The number of unbranched alkanes of at least 4 members (excludes halogenated alkanes) is 11. The molecule has 0 aliphatic heterocycles. The Morgan fingerprint density at radius 3 is 1.12 bits per heavy atom. The summed E-state index contributed by atoms with van der Waals surface area (Å²) in [6.07, 6.45) is 21.6. The third kappa shape index (κ3) is 32.0. The highest BCUT2D eigenvalue weighted by Crippen LogP contribution is 2.13. The van der Waals surface area contributed by atoms with E-state index < -0.39 is 0 Å². The predicted octanol–water partition coefficient (Wildman–Crippen LogP) is 5.65. The maximum atomic E-state index is 6.18. The van der Waals surface area contributed by atoms with Crippen LogP contribution < -0.4 is 17.2 Å². The minimum absolute atomic E-state index is 0. The summed E-state index contributed by atoms with van der Waals surface area (Å²) in [5.74, 6) is 0. The van der Waals surface area contributed by atoms with E-state index in [1.807, 2.05) is 0 Å². The van der Waals surface area contributed by atoms with E-state index in [2.05, 4.69) is 13.8 Å². The van der Waals surface area contributed by atoms with Crippen LogP contribution in [0.3, 0.4) is 0 Å². The van der Waals surface area contributed by atoms with E-state index in [1.165, 1.54) is 96.3 Å². The van der Waals surface area contributed by atoms with Crippen molar-refractivity contribution in [1.82, 2.24) is 0 Å². The molecule has 0 radical (unpaired) electrons. The van der Waals surface area contributed by atoms with Gasteiger partial charge < -0.3 is 17.2 Å². The van der Waals surface area contributed by atoms with Gasteiger partial charge >= 0.3 is 0 Å². The molecule has 25 heavy (non-hydrogen) atoms. The van der Waals surface area contributed by atoms with Gasteiger partial charge in [0.25, 0.3) is 0 Å². The van der Waals surface area contributed by atoms with Crippen LogP contribution in [0.15, 0.2) is 0 Å². The summed E-state index contributed by atoms with van der Waals surface area (Å²) in [4.78, 5) is 0. The Hall–Kier alpha value is -0.190. The van der Waals surface area contributed by atoms with Gasteiger partial charge in [-0.1, -0.05) is 97.3 Å². The summed E-state index contributed by atoms with van der Waals surface area (Å²) >= 11 is 0. The van der Waals surface area contributed by atoms with Crippen molar-refractivity contribution in [3.05, 3.63) is 0 Å². The van der Waals surface area contributed by atoms with Crippen LogP contribution in [0.1, 0.15) is 117 Å². The van der Waals surface area contributed by atoms with E-state index in [9.17, 15) is 0 Å². The molecule has 0 fully saturated rings. The van der Waals surface area contributed by atoms with Crippen molar-refractivity contribution in [3.8, 4) is 0 Å². The van der Waals surface area contributed by atoms with Crippen LogP contribution in [0.5, 0.6) is 0 Å². The van der Waals surface area contributed by atoms with Crippen molar-refractivity contribution < 1.29 is 4.70 Å².